The van der Waals surface area contributed by atoms with E-state index in [1.165, 1.54) is 0 Å². The van der Waals surface area contributed by atoms with Gasteiger partial charge in [0.05, 0.1) is 6.10 Å². The zero-order valence-corrected chi connectivity index (χ0v) is 13.7. The van der Waals surface area contributed by atoms with Gasteiger partial charge in [0, 0.05) is 26.2 Å². The molecule has 1 rings (SSSR count). The zero-order valence-electron chi connectivity index (χ0n) is 13.7. The van der Waals surface area contributed by atoms with E-state index in [2.05, 4.69) is 0 Å². The van der Waals surface area contributed by atoms with Crippen LogP contribution in [-0.4, -0.2) is 55.8 Å². The number of hydrogen-bond donors (Lipinski definition) is 0. The SMILES string of the molecule is FC(F)(F)C(F)(F)C(F)(F)C(F)(F)C(F)(F)CCCOCCC1CCCO1. The van der Waals surface area contributed by atoms with Crippen LogP contribution in [-0.2, 0) is 9.47 Å². The zero-order chi connectivity index (χ0) is 21.1. The van der Waals surface area contributed by atoms with Crippen LogP contribution in [0.25, 0.3) is 0 Å². The molecule has 0 aromatic heterocycles. The lowest BCUT2D eigenvalue weighted by atomic mass is 9.95. The maximum absolute atomic E-state index is 13.4. The Morgan fingerprint density at radius 1 is 0.778 bits per heavy atom. The van der Waals surface area contributed by atoms with E-state index >= 15 is 0 Å². The fraction of sp³-hybridized carbons (Fsp3) is 1.00. The molecular weight excluding hydrogens is 409 g/mol. The van der Waals surface area contributed by atoms with Gasteiger partial charge in [0.1, 0.15) is 0 Å². The van der Waals surface area contributed by atoms with Gasteiger partial charge in [-0.25, -0.2) is 0 Å². The first kappa shape index (κ1) is 24.2. The highest BCUT2D eigenvalue weighted by atomic mass is 19.4. The third kappa shape index (κ3) is 4.96. The van der Waals surface area contributed by atoms with Crippen LogP contribution in [0.4, 0.5) is 48.3 Å². The van der Waals surface area contributed by atoms with Crippen molar-refractivity contribution in [2.75, 3.05) is 19.8 Å². The second-order valence-corrected chi connectivity index (χ2v) is 6.07. The molecule has 0 radical (unpaired) electrons. The number of hydrogen-bond acceptors (Lipinski definition) is 2. The van der Waals surface area contributed by atoms with Gasteiger partial charge in [-0.05, 0) is 25.7 Å². The maximum atomic E-state index is 13.4. The Labute approximate surface area is 147 Å². The normalized spacial score (nSPS) is 20.3. The Morgan fingerprint density at radius 3 is 1.85 bits per heavy atom. The van der Waals surface area contributed by atoms with Gasteiger partial charge in [-0.3, -0.25) is 0 Å². The fourth-order valence-corrected chi connectivity index (χ4v) is 2.35. The standard InChI is InChI=1S/C14H17F11O2/c15-10(16,5-2-6-26-8-4-9-3-1-7-27-9)11(17,18)12(19,20)13(21,22)14(23,24)25/h9H,1-8H2. The number of halogens is 11. The van der Waals surface area contributed by atoms with E-state index in [1.54, 1.807) is 0 Å². The molecule has 1 aliphatic heterocycles. The first-order chi connectivity index (χ1) is 12.1. The minimum Gasteiger partial charge on any atom is -0.381 e. The monoisotopic (exact) mass is 426 g/mol. The van der Waals surface area contributed by atoms with Crippen molar-refractivity contribution in [1.29, 1.82) is 0 Å². The third-order valence-electron chi connectivity index (χ3n) is 3.99. The summed E-state index contributed by atoms with van der Waals surface area (Å²) < 4.78 is 150. The average molecular weight is 426 g/mol. The minimum atomic E-state index is -7.34. The molecule has 162 valence electrons. The first-order valence-electron chi connectivity index (χ1n) is 7.85. The van der Waals surface area contributed by atoms with Crippen LogP contribution in [0, 0.1) is 0 Å². The van der Waals surface area contributed by atoms with Crippen LogP contribution in [0.3, 0.4) is 0 Å². The van der Waals surface area contributed by atoms with Gasteiger partial charge in [0.15, 0.2) is 0 Å². The van der Waals surface area contributed by atoms with Gasteiger partial charge >= 0.3 is 29.9 Å². The Balaban J connectivity index is 2.60. The fourth-order valence-electron chi connectivity index (χ4n) is 2.35. The van der Waals surface area contributed by atoms with Crippen LogP contribution in [0.2, 0.25) is 0 Å². The molecule has 1 unspecified atom stereocenters. The summed E-state index contributed by atoms with van der Waals surface area (Å²) in [6.45, 7) is -0.0582. The lowest BCUT2D eigenvalue weighted by molar-refractivity contribution is -0.422. The topological polar surface area (TPSA) is 18.5 Å². The molecule has 0 amide bonds. The summed E-state index contributed by atoms with van der Waals surface area (Å²) in [7, 11) is 0. The summed E-state index contributed by atoms with van der Waals surface area (Å²) in [5.74, 6) is -27.4. The van der Waals surface area contributed by atoms with Crippen molar-refractivity contribution in [2.24, 2.45) is 0 Å². The smallest absolute Gasteiger partial charge is 0.381 e. The molecule has 0 N–H and O–H groups in total. The summed E-state index contributed by atoms with van der Waals surface area (Å²) in [5.41, 5.74) is 0. The molecule has 1 aliphatic rings. The molecule has 0 aromatic carbocycles. The van der Waals surface area contributed by atoms with E-state index in [-0.39, 0.29) is 12.7 Å². The van der Waals surface area contributed by atoms with E-state index in [9.17, 15) is 48.3 Å². The summed E-state index contributed by atoms with van der Waals surface area (Å²) >= 11 is 0. The summed E-state index contributed by atoms with van der Waals surface area (Å²) in [5, 5.41) is 0. The van der Waals surface area contributed by atoms with Crippen LogP contribution in [0.1, 0.15) is 32.1 Å². The molecule has 1 saturated heterocycles. The molecule has 1 heterocycles. The van der Waals surface area contributed by atoms with Crippen LogP contribution in [0.5, 0.6) is 0 Å². The number of ether oxygens (including phenoxy) is 2. The van der Waals surface area contributed by atoms with E-state index in [0.717, 1.165) is 12.8 Å². The van der Waals surface area contributed by atoms with E-state index < -0.39 is 49.3 Å². The van der Waals surface area contributed by atoms with Crippen LogP contribution < -0.4 is 0 Å². The second kappa shape index (κ2) is 8.26. The van der Waals surface area contributed by atoms with Crippen LogP contribution in [0.15, 0.2) is 0 Å². The minimum absolute atomic E-state index is 0.00502. The molecule has 0 aliphatic carbocycles. The van der Waals surface area contributed by atoms with Gasteiger partial charge in [-0.1, -0.05) is 0 Å². The third-order valence-corrected chi connectivity index (χ3v) is 3.99. The van der Waals surface area contributed by atoms with Crippen molar-refractivity contribution in [3.63, 3.8) is 0 Å². The molecular formula is C14H17F11O2. The van der Waals surface area contributed by atoms with E-state index in [4.69, 9.17) is 9.47 Å². The highest BCUT2D eigenvalue weighted by Gasteiger charge is 2.86. The van der Waals surface area contributed by atoms with Gasteiger partial charge in [0.25, 0.3) is 0 Å². The molecule has 0 bridgehead atoms. The first-order valence-corrected chi connectivity index (χ1v) is 7.85. The van der Waals surface area contributed by atoms with Gasteiger partial charge < -0.3 is 9.47 Å². The molecule has 1 atom stereocenters. The Hall–Kier alpha value is -0.850. The molecule has 2 nitrogen and oxygen atoms in total. The van der Waals surface area contributed by atoms with E-state index in [1.807, 2.05) is 0 Å². The van der Waals surface area contributed by atoms with Crippen molar-refractivity contribution in [2.45, 2.75) is 68.1 Å². The van der Waals surface area contributed by atoms with Crippen molar-refractivity contribution in [3.8, 4) is 0 Å². The van der Waals surface area contributed by atoms with Crippen molar-refractivity contribution in [1.82, 2.24) is 0 Å². The highest BCUT2D eigenvalue weighted by Crippen LogP contribution is 2.58. The second-order valence-electron chi connectivity index (χ2n) is 6.07. The summed E-state index contributed by atoms with van der Waals surface area (Å²) in [6, 6.07) is 0. The predicted molar refractivity (Wildman–Crippen MR) is 69.5 cm³/mol. The summed E-state index contributed by atoms with van der Waals surface area (Å²) in [4.78, 5) is 0. The van der Waals surface area contributed by atoms with Crippen molar-refractivity contribution < 1.29 is 57.8 Å². The maximum Gasteiger partial charge on any atom is 0.460 e. The predicted octanol–water partition coefficient (Wildman–Crippen LogP) is 5.46. The molecule has 0 spiro atoms. The highest BCUT2D eigenvalue weighted by molar-refractivity contribution is 5.06. The number of alkyl halides is 11. The van der Waals surface area contributed by atoms with Gasteiger partial charge in [-0.2, -0.15) is 48.3 Å². The van der Waals surface area contributed by atoms with Gasteiger partial charge in [0.2, 0.25) is 0 Å². The van der Waals surface area contributed by atoms with Crippen molar-refractivity contribution in [3.05, 3.63) is 0 Å². The summed E-state index contributed by atoms with van der Waals surface area (Å²) in [6.07, 6.45) is -8.33. The Kier molecular flexibility index (Phi) is 7.40. The lowest BCUT2D eigenvalue weighted by Gasteiger charge is -2.37. The molecule has 0 saturated carbocycles. The molecule has 0 aromatic rings. The Morgan fingerprint density at radius 2 is 1.37 bits per heavy atom. The van der Waals surface area contributed by atoms with Crippen LogP contribution >= 0.6 is 0 Å². The Bertz CT molecular complexity index is 470. The average Bonchev–Trinajstić information content (AvgIpc) is 3.02. The molecule has 1 fully saturated rings. The molecule has 27 heavy (non-hydrogen) atoms. The number of rotatable bonds is 10. The van der Waals surface area contributed by atoms with Crippen molar-refractivity contribution >= 4 is 0 Å². The van der Waals surface area contributed by atoms with Gasteiger partial charge in [-0.15, -0.1) is 0 Å². The van der Waals surface area contributed by atoms with E-state index in [0.29, 0.717) is 13.0 Å². The lowest BCUT2D eigenvalue weighted by Crippen LogP contribution is -2.66. The molecule has 13 heteroatoms. The largest absolute Gasteiger partial charge is 0.460 e. The quantitative estimate of drug-likeness (QED) is 0.342.